The van der Waals surface area contributed by atoms with Crippen LogP contribution in [0.4, 0.5) is 0 Å². The maximum atomic E-state index is 10.8. The highest BCUT2D eigenvalue weighted by atomic mass is 32.2. The average molecular weight is 177 g/mol. The lowest BCUT2D eigenvalue weighted by Crippen LogP contribution is -2.06. The molecule has 1 aliphatic heterocycles. The largest absolute Gasteiger partial charge is 0.229 e. The number of thiocarbonyl (C=S) groups is 1. The SMILES string of the molecule is O=S1(=O)CC[C@H](N=C=S)C1. The molecule has 3 nitrogen and oxygen atoms in total. The minimum atomic E-state index is -2.80. The molecule has 1 rings (SSSR count). The second-order valence-electron chi connectivity index (χ2n) is 2.28. The summed E-state index contributed by atoms with van der Waals surface area (Å²) in [6.45, 7) is 0. The van der Waals surface area contributed by atoms with E-state index in [1.807, 2.05) is 0 Å². The van der Waals surface area contributed by atoms with Gasteiger partial charge in [0.05, 0.1) is 22.7 Å². The van der Waals surface area contributed by atoms with Gasteiger partial charge in [-0.05, 0) is 18.6 Å². The van der Waals surface area contributed by atoms with E-state index in [0.717, 1.165) is 0 Å². The van der Waals surface area contributed by atoms with Gasteiger partial charge >= 0.3 is 0 Å². The zero-order chi connectivity index (χ0) is 7.61. The minimum absolute atomic E-state index is 0.123. The average Bonchev–Trinajstić information content (AvgIpc) is 2.12. The van der Waals surface area contributed by atoms with Crippen molar-refractivity contribution >= 4 is 27.2 Å². The maximum absolute atomic E-state index is 10.8. The van der Waals surface area contributed by atoms with Crippen LogP contribution in [0.15, 0.2) is 4.99 Å². The van der Waals surface area contributed by atoms with Gasteiger partial charge in [0.2, 0.25) is 0 Å². The Bertz CT molecular complexity index is 263. The van der Waals surface area contributed by atoms with E-state index in [4.69, 9.17) is 0 Å². The molecule has 0 aromatic rings. The summed E-state index contributed by atoms with van der Waals surface area (Å²) >= 11 is 4.35. The molecule has 0 aromatic heterocycles. The second-order valence-corrected chi connectivity index (χ2v) is 4.69. The molecule has 0 aromatic carbocycles. The third kappa shape index (κ3) is 1.87. The third-order valence-corrected chi connectivity index (χ3v) is 3.30. The van der Waals surface area contributed by atoms with Gasteiger partial charge < -0.3 is 0 Å². The molecule has 0 saturated carbocycles. The molecule has 1 fully saturated rings. The zero-order valence-electron chi connectivity index (χ0n) is 5.28. The third-order valence-electron chi connectivity index (χ3n) is 1.44. The molecule has 0 bridgehead atoms. The number of hydrogen-bond donors (Lipinski definition) is 0. The monoisotopic (exact) mass is 177 g/mol. The topological polar surface area (TPSA) is 46.5 Å². The van der Waals surface area contributed by atoms with Crippen molar-refractivity contribution in [2.24, 2.45) is 4.99 Å². The molecule has 1 saturated heterocycles. The Hall–Kier alpha value is -0.250. The predicted octanol–water partition coefficient (Wildman–Crippen LogP) is 0.276. The first-order valence-corrected chi connectivity index (χ1v) is 5.14. The Kier molecular flexibility index (Phi) is 2.18. The van der Waals surface area contributed by atoms with Gasteiger partial charge in [0.25, 0.3) is 0 Å². The molecule has 1 aliphatic rings. The van der Waals surface area contributed by atoms with Crippen LogP contribution in [-0.2, 0) is 9.84 Å². The fraction of sp³-hybridized carbons (Fsp3) is 0.800. The van der Waals surface area contributed by atoms with Crippen molar-refractivity contribution in [2.45, 2.75) is 12.5 Å². The molecule has 56 valence electrons. The molecule has 5 heteroatoms. The van der Waals surface area contributed by atoms with E-state index in [9.17, 15) is 8.42 Å². The number of isothiocyanates is 1. The zero-order valence-corrected chi connectivity index (χ0v) is 6.91. The summed E-state index contributed by atoms with van der Waals surface area (Å²) in [5.74, 6) is 0.398. The Morgan fingerprint density at radius 1 is 1.60 bits per heavy atom. The molecular formula is C5H7NO2S2. The first kappa shape index (κ1) is 7.85. The quantitative estimate of drug-likeness (QED) is 0.427. The number of rotatable bonds is 1. The molecule has 1 atom stereocenters. The van der Waals surface area contributed by atoms with Gasteiger partial charge in [0.15, 0.2) is 9.84 Å². The van der Waals surface area contributed by atoms with E-state index < -0.39 is 9.84 Å². The Morgan fingerprint density at radius 3 is 2.70 bits per heavy atom. The van der Waals surface area contributed by atoms with Crippen molar-refractivity contribution in [2.75, 3.05) is 11.5 Å². The standard InChI is InChI=1S/C5H7NO2S2/c7-10(8)2-1-5(3-10)6-4-9/h5H,1-3H2/t5-/m0/s1. The van der Waals surface area contributed by atoms with Gasteiger partial charge in [-0.3, -0.25) is 0 Å². The summed E-state index contributed by atoms with van der Waals surface area (Å²) in [4.78, 5) is 3.70. The van der Waals surface area contributed by atoms with Gasteiger partial charge in [-0.25, -0.2) is 13.4 Å². The van der Waals surface area contributed by atoms with E-state index in [2.05, 4.69) is 22.4 Å². The van der Waals surface area contributed by atoms with Crippen LogP contribution in [0.3, 0.4) is 0 Å². The number of nitrogens with zero attached hydrogens (tertiary/aromatic N) is 1. The summed E-state index contributed by atoms with van der Waals surface area (Å²) in [6.07, 6.45) is 0.603. The molecule has 10 heavy (non-hydrogen) atoms. The first-order chi connectivity index (χ1) is 4.64. The predicted molar refractivity (Wildman–Crippen MR) is 42.1 cm³/mol. The Labute approximate surface area is 65.1 Å². The fourth-order valence-electron chi connectivity index (χ4n) is 0.952. The van der Waals surface area contributed by atoms with Crippen LogP contribution in [0.1, 0.15) is 6.42 Å². The normalized spacial score (nSPS) is 29.4. The highest BCUT2D eigenvalue weighted by Gasteiger charge is 2.26. The van der Waals surface area contributed by atoms with Crippen LogP contribution in [0.5, 0.6) is 0 Å². The van der Waals surface area contributed by atoms with Crippen LogP contribution in [-0.4, -0.2) is 31.1 Å². The number of hydrogen-bond acceptors (Lipinski definition) is 4. The molecule has 0 N–H and O–H groups in total. The molecule has 0 amide bonds. The van der Waals surface area contributed by atoms with Crippen molar-refractivity contribution in [3.05, 3.63) is 0 Å². The second kappa shape index (κ2) is 2.78. The van der Waals surface area contributed by atoms with Crippen molar-refractivity contribution in [3.63, 3.8) is 0 Å². The molecule has 0 unspecified atom stereocenters. The van der Waals surface area contributed by atoms with Crippen LogP contribution in [0, 0.1) is 0 Å². The summed E-state index contributed by atoms with van der Waals surface area (Å²) in [7, 11) is -2.80. The summed E-state index contributed by atoms with van der Waals surface area (Å²) in [6, 6.07) is -0.123. The van der Waals surface area contributed by atoms with E-state index >= 15 is 0 Å². The molecular weight excluding hydrogens is 170 g/mol. The van der Waals surface area contributed by atoms with E-state index in [1.165, 1.54) is 0 Å². The minimum Gasteiger partial charge on any atom is -0.229 e. The van der Waals surface area contributed by atoms with E-state index in [-0.39, 0.29) is 17.5 Å². The van der Waals surface area contributed by atoms with Crippen LogP contribution in [0.25, 0.3) is 0 Å². The van der Waals surface area contributed by atoms with Gasteiger partial charge in [0, 0.05) is 0 Å². The lowest BCUT2D eigenvalue weighted by molar-refractivity contribution is 0.601. The molecule has 0 aliphatic carbocycles. The van der Waals surface area contributed by atoms with Crippen molar-refractivity contribution in [1.29, 1.82) is 0 Å². The van der Waals surface area contributed by atoms with Crippen molar-refractivity contribution in [1.82, 2.24) is 0 Å². The molecule has 1 heterocycles. The van der Waals surface area contributed by atoms with Gasteiger partial charge in [-0.2, -0.15) is 0 Å². The lowest BCUT2D eigenvalue weighted by Gasteiger charge is -1.92. The lowest BCUT2D eigenvalue weighted by atomic mass is 10.3. The highest BCUT2D eigenvalue weighted by molar-refractivity contribution is 7.91. The van der Waals surface area contributed by atoms with Gasteiger partial charge in [-0.15, -0.1) is 0 Å². The van der Waals surface area contributed by atoms with Gasteiger partial charge in [-0.1, -0.05) is 0 Å². The highest BCUT2D eigenvalue weighted by Crippen LogP contribution is 2.13. The Morgan fingerprint density at radius 2 is 2.30 bits per heavy atom. The molecule has 0 spiro atoms. The molecule has 0 radical (unpaired) electrons. The van der Waals surface area contributed by atoms with Crippen molar-refractivity contribution < 1.29 is 8.42 Å². The summed E-state index contributed by atoms with van der Waals surface area (Å²) < 4.78 is 21.6. The fourth-order valence-corrected chi connectivity index (χ4v) is 2.73. The number of aliphatic imine (C=N–C) groups is 1. The maximum Gasteiger partial charge on any atom is 0.152 e. The summed E-state index contributed by atoms with van der Waals surface area (Å²) in [5.41, 5.74) is 0. The van der Waals surface area contributed by atoms with Crippen LogP contribution in [0.2, 0.25) is 0 Å². The van der Waals surface area contributed by atoms with E-state index in [1.54, 1.807) is 0 Å². The first-order valence-electron chi connectivity index (χ1n) is 2.91. The van der Waals surface area contributed by atoms with Crippen molar-refractivity contribution in [3.8, 4) is 0 Å². The number of sulfone groups is 1. The van der Waals surface area contributed by atoms with Crippen LogP contribution >= 0.6 is 12.2 Å². The summed E-state index contributed by atoms with van der Waals surface area (Å²) in [5, 5.41) is 2.19. The van der Waals surface area contributed by atoms with Crippen LogP contribution < -0.4 is 0 Å². The van der Waals surface area contributed by atoms with E-state index in [0.29, 0.717) is 6.42 Å². The smallest absolute Gasteiger partial charge is 0.152 e. The Balaban J connectivity index is 2.68. The van der Waals surface area contributed by atoms with Gasteiger partial charge in [0.1, 0.15) is 0 Å².